The minimum Gasteiger partial charge on any atom is -0.382 e. The second-order valence-electron chi connectivity index (χ2n) is 6.40. The zero-order valence-corrected chi connectivity index (χ0v) is 13.9. The standard InChI is InChI=1S/C16H24IN/c1-12-11-13(17)6-7-15(12)18-14-5-4-9-16(2,3)10-8-14/h6-7,11,14,18H,4-5,8-10H2,1-3H3. The van der Waals surface area contributed by atoms with Crippen molar-refractivity contribution >= 4 is 28.3 Å². The van der Waals surface area contributed by atoms with E-state index in [1.807, 2.05) is 0 Å². The second kappa shape index (κ2) is 5.81. The summed E-state index contributed by atoms with van der Waals surface area (Å²) in [6.45, 7) is 7.02. The number of rotatable bonds is 2. The van der Waals surface area contributed by atoms with Crippen molar-refractivity contribution < 1.29 is 0 Å². The molecular weight excluding hydrogens is 333 g/mol. The molecule has 0 saturated heterocycles. The number of hydrogen-bond donors (Lipinski definition) is 1. The molecule has 1 saturated carbocycles. The lowest BCUT2D eigenvalue weighted by Crippen LogP contribution is -2.19. The van der Waals surface area contributed by atoms with Gasteiger partial charge in [0.05, 0.1) is 0 Å². The van der Waals surface area contributed by atoms with Gasteiger partial charge in [0, 0.05) is 15.3 Å². The lowest BCUT2D eigenvalue weighted by Gasteiger charge is -2.23. The minimum atomic E-state index is 0.539. The largest absolute Gasteiger partial charge is 0.382 e. The number of anilines is 1. The van der Waals surface area contributed by atoms with Crippen molar-refractivity contribution in [3.8, 4) is 0 Å². The van der Waals surface area contributed by atoms with E-state index in [9.17, 15) is 0 Å². The molecule has 1 N–H and O–H groups in total. The lowest BCUT2D eigenvalue weighted by molar-refractivity contribution is 0.313. The first kappa shape index (κ1) is 14.2. The predicted molar refractivity (Wildman–Crippen MR) is 88.2 cm³/mol. The molecule has 1 aliphatic rings. The average Bonchev–Trinajstić information content (AvgIpc) is 2.44. The summed E-state index contributed by atoms with van der Waals surface area (Å²) in [6.07, 6.45) is 6.69. The van der Waals surface area contributed by atoms with Crippen molar-refractivity contribution in [1.29, 1.82) is 0 Å². The van der Waals surface area contributed by atoms with E-state index in [1.165, 1.54) is 46.9 Å². The highest BCUT2D eigenvalue weighted by Crippen LogP contribution is 2.35. The maximum absolute atomic E-state index is 3.75. The fourth-order valence-corrected chi connectivity index (χ4v) is 3.46. The summed E-state index contributed by atoms with van der Waals surface area (Å²) in [4.78, 5) is 0. The van der Waals surface area contributed by atoms with Crippen molar-refractivity contribution in [2.24, 2.45) is 5.41 Å². The third kappa shape index (κ3) is 3.87. The summed E-state index contributed by atoms with van der Waals surface area (Å²) in [6, 6.07) is 7.33. The number of halogens is 1. The van der Waals surface area contributed by atoms with Gasteiger partial charge in [0.2, 0.25) is 0 Å². The molecule has 0 aliphatic heterocycles. The molecule has 0 radical (unpaired) electrons. The summed E-state index contributed by atoms with van der Waals surface area (Å²) in [5.41, 5.74) is 3.22. The van der Waals surface area contributed by atoms with Crippen molar-refractivity contribution in [1.82, 2.24) is 0 Å². The van der Waals surface area contributed by atoms with Crippen LogP contribution >= 0.6 is 22.6 Å². The Morgan fingerprint density at radius 1 is 1.22 bits per heavy atom. The van der Waals surface area contributed by atoms with E-state index in [2.05, 4.69) is 66.9 Å². The van der Waals surface area contributed by atoms with Gasteiger partial charge in [-0.2, -0.15) is 0 Å². The fourth-order valence-electron chi connectivity index (χ4n) is 2.81. The molecule has 2 heteroatoms. The first-order chi connectivity index (χ1) is 8.46. The molecule has 0 heterocycles. The van der Waals surface area contributed by atoms with Crippen LogP contribution in [0.2, 0.25) is 0 Å². The van der Waals surface area contributed by atoms with Crippen LogP contribution in [0.4, 0.5) is 5.69 Å². The van der Waals surface area contributed by atoms with Crippen LogP contribution in [0.15, 0.2) is 18.2 Å². The monoisotopic (exact) mass is 357 g/mol. The molecule has 1 fully saturated rings. The Balaban J connectivity index is 2.01. The van der Waals surface area contributed by atoms with Gasteiger partial charge in [-0.25, -0.2) is 0 Å². The highest BCUT2D eigenvalue weighted by molar-refractivity contribution is 14.1. The number of aryl methyl sites for hydroxylation is 1. The van der Waals surface area contributed by atoms with Crippen LogP contribution in [0.1, 0.15) is 51.5 Å². The van der Waals surface area contributed by atoms with E-state index in [-0.39, 0.29) is 0 Å². The molecule has 1 aliphatic carbocycles. The molecule has 0 aromatic heterocycles. The highest BCUT2D eigenvalue weighted by Gasteiger charge is 2.24. The van der Waals surface area contributed by atoms with Crippen molar-refractivity contribution in [2.45, 2.75) is 58.9 Å². The summed E-state index contributed by atoms with van der Waals surface area (Å²) in [5.74, 6) is 0. The Labute approximate surface area is 125 Å². The molecule has 0 spiro atoms. The van der Waals surface area contributed by atoms with Gasteiger partial charge in [-0.15, -0.1) is 0 Å². The smallest absolute Gasteiger partial charge is 0.0372 e. The predicted octanol–water partition coefficient (Wildman–Crippen LogP) is 5.37. The maximum Gasteiger partial charge on any atom is 0.0372 e. The highest BCUT2D eigenvalue weighted by atomic mass is 127. The molecule has 1 aromatic carbocycles. The van der Waals surface area contributed by atoms with E-state index < -0.39 is 0 Å². The van der Waals surface area contributed by atoms with Gasteiger partial charge < -0.3 is 5.32 Å². The zero-order valence-electron chi connectivity index (χ0n) is 11.7. The molecular formula is C16H24IN. The van der Waals surface area contributed by atoms with Crippen molar-refractivity contribution in [2.75, 3.05) is 5.32 Å². The van der Waals surface area contributed by atoms with Gasteiger partial charge >= 0.3 is 0 Å². The van der Waals surface area contributed by atoms with Crippen LogP contribution in [0.5, 0.6) is 0 Å². The molecule has 1 unspecified atom stereocenters. The molecule has 0 bridgehead atoms. The van der Waals surface area contributed by atoms with Gasteiger partial charge in [0.15, 0.2) is 0 Å². The molecule has 100 valence electrons. The zero-order chi connectivity index (χ0) is 13.2. The summed E-state index contributed by atoms with van der Waals surface area (Å²) < 4.78 is 1.32. The fraction of sp³-hybridized carbons (Fsp3) is 0.625. The van der Waals surface area contributed by atoms with E-state index in [1.54, 1.807) is 0 Å². The first-order valence-corrected chi connectivity index (χ1v) is 8.07. The average molecular weight is 357 g/mol. The van der Waals surface area contributed by atoms with E-state index >= 15 is 0 Å². The van der Waals surface area contributed by atoms with Gasteiger partial charge in [0.1, 0.15) is 0 Å². The van der Waals surface area contributed by atoms with Crippen LogP contribution in [0.3, 0.4) is 0 Å². The molecule has 0 amide bonds. The summed E-state index contributed by atoms with van der Waals surface area (Å²) in [5, 5.41) is 3.75. The molecule has 1 nitrogen and oxygen atoms in total. The Hall–Kier alpha value is -0.250. The molecule has 1 aromatic rings. The quantitative estimate of drug-likeness (QED) is 0.554. The topological polar surface area (TPSA) is 12.0 Å². The van der Waals surface area contributed by atoms with Crippen molar-refractivity contribution in [3.05, 3.63) is 27.3 Å². The summed E-state index contributed by atoms with van der Waals surface area (Å²) >= 11 is 2.38. The van der Waals surface area contributed by atoms with E-state index in [0.717, 1.165) is 0 Å². The third-order valence-corrected chi connectivity index (χ3v) is 4.79. The normalized spacial score (nSPS) is 23.4. The Bertz CT molecular complexity index is 412. The van der Waals surface area contributed by atoms with Crippen LogP contribution in [-0.2, 0) is 0 Å². The van der Waals surface area contributed by atoms with E-state index in [0.29, 0.717) is 11.5 Å². The van der Waals surface area contributed by atoms with Crippen LogP contribution in [-0.4, -0.2) is 6.04 Å². The van der Waals surface area contributed by atoms with E-state index in [4.69, 9.17) is 0 Å². The third-order valence-electron chi connectivity index (χ3n) is 4.12. The first-order valence-electron chi connectivity index (χ1n) is 6.99. The Morgan fingerprint density at radius 3 is 2.72 bits per heavy atom. The van der Waals surface area contributed by atoms with Gasteiger partial charge in [-0.1, -0.05) is 20.3 Å². The van der Waals surface area contributed by atoms with Gasteiger partial charge in [0.25, 0.3) is 0 Å². The lowest BCUT2D eigenvalue weighted by atomic mass is 9.85. The SMILES string of the molecule is Cc1cc(I)ccc1NC1CCCC(C)(C)CC1. The van der Waals surface area contributed by atoms with Crippen LogP contribution < -0.4 is 5.32 Å². The van der Waals surface area contributed by atoms with Crippen molar-refractivity contribution in [3.63, 3.8) is 0 Å². The minimum absolute atomic E-state index is 0.539. The Morgan fingerprint density at radius 2 is 2.00 bits per heavy atom. The van der Waals surface area contributed by atoms with Crippen LogP contribution in [0, 0.1) is 15.9 Å². The number of nitrogens with one attached hydrogen (secondary N) is 1. The Kier molecular flexibility index (Phi) is 4.57. The molecule has 2 rings (SSSR count). The maximum atomic E-state index is 3.75. The summed E-state index contributed by atoms with van der Waals surface area (Å²) in [7, 11) is 0. The molecule has 1 atom stereocenters. The van der Waals surface area contributed by atoms with Gasteiger partial charge in [-0.3, -0.25) is 0 Å². The van der Waals surface area contributed by atoms with Gasteiger partial charge in [-0.05, 0) is 84.4 Å². The van der Waals surface area contributed by atoms with Crippen LogP contribution in [0.25, 0.3) is 0 Å². The number of benzene rings is 1. The number of hydrogen-bond acceptors (Lipinski definition) is 1. The molecule has 18 heavy (non-hydrogen) atoms. The second-order valence-corrected chi connectivity index (χ2v) is 7.64.